The van der Waals surface area contributed by atoms with E-state index in [1.54, 1.807) is 12.1 Å². The minimum atomic E-state index is -3.11. The predicted octanol–water partition coefficient (Wildman–Crippen LogP) is 1.61. The molecule has 0 N–H and O–H groups in total. The molecule has 5 heteroatoms. The van der Waals surface area contributed by atoms with Crippen molar-refractivity contribution in [1.82, 2.24) is 10.2 Å². The molecule has 0 bridgehead atoms. The van der Waals surface area contributed by atoms with E-state index in [1.807, 2.05) is 0 Å². The Morgan fingerprint density at radius 3 is 2.83 bits per heavy atom. The third-order valence-corrected chi connectivity index (χ3v) is 1.10. The molecule has 3 nitrogen and oxygen atoms in total. The number of hydrogen-bond donors (Lipinski definition) is 0. The molecule has 1 rings (SSSR count). The topological polar surface area (TPSA) is 35.0 Å². The highest BCUT2D eigenvalue weighted by Crippen LogP contribution is 2.14. The van der Waals surface area contributed by atoms with Crippen molar-refractivity contribution in [3.05, 3.63) is 24.0 Å². The van der Waals surface area contributed by atoms with Crippen LogP contribution >= 0.6 is 0 Å². The van der Waals surface area contributed by atoms with Gasteiger partial charge in [-0.2, -0.15) is 19.0 Å². The minimum Gasteiger partial charge on any atom is -0.314 e. The highest BCUT2D eigenvalue weighted by molar-refractivity contribution is 4.96. The van der Waals surface area contributed by atoms with Crippen LogP contribution in [0.5, 0.6) is 0 Å². The molecule has 0 atom stereocenters. The van der Waals surface area contributed by atoms with Crippen molar-refractivity contribution in [3.63, 3.8) is 0 Å². The molecule has 1 heterocycles. The molecule has 0 radical (unpaired) electrons. The molecule has 1 aromatic heterocycles. The summed E-state index contributed by atoms with van der Waals surface area (Å²) in [7, 11) is 0. The third-order valence-electron chi connectivity index (χ3n) is 1.10. The second-order valence-corrected chi connectivity index (χ2v) is 2.31. The summed E-state index contributed by atoms with van der Waals surface area (Å²) in [4.78, 5) is 0. The van der Waals surface area contributed by atoms with Crippen LogP contribution < -0.4 is 0 Å². The summed E-state index contributed by atoms with van der Waals surface area (Å²) < 4.78 is 28.5. The SMILES string of the molecule is CC(F)(F)OCc1cccnn1. The average molecular weight is 174 g/mol. The Morgan fingerprint density at radius 1 is 1.58 bits per heavy atom. The zero-order valence-corrected chi connectivity index (χ0v) is 6.50. The molecule has 0 saturated heterocycles. The molecular formula is C7H8F2N2O. The maximum absolute atomic E-state index is 12.1. The van der Waals surface area contributed by atoms with Crippen molar-refractivity contribution in [2.45, 2.75) is 19.6 Å². The van der Waals surface area contributed by atoms with Crippen molar-refractivity contribution < 1.29 is 13.5 Å². The Morgan fingerprint density at radius 2 is 2.33 bits per heavy atom. The minimum absolute atomic E-state index is 0.225. The molecule has 0 fully saturated rings. The van der Waals surface area contributed by atoms with Crippen LogP contribution in [0.25, 0.3) is 0 Å². The van der Waals surface area contributed by atoms with E-state index >= 15 is 0 Å². The zero-order chi connectivity index (χ0) is 9.03. The van der Waals surface area contributed by atoms with E-state index in [2.05, 4.69) is 14.9 Å². The first-order chi connectivity index (χ1) is 5.58. The Bertz CT molecular complexity index is 235. The van der Waals surface area contributed by atoms with Crippen LogP contribution in [0.1, 0.15) is 12.6 Å². The van der Waals surface area contributed by atoms with Gasteiger partial charge >= 0.3 is 6.11 Å². The van der Waals surface area contributed by atoms with Crippen molar-refractivity contribution in [3.8, 4) is 0 Å². The summed E-state index contributed by atoms with van der Waals surface area (Å²) in [5, 5.41) is 7.08. The second-order valence-electron chi connectivity index (χ2n) is 2.31. The molecule has 0 aliphatic rings. The van der Waals surface area contributed by atoms with Gasteiger partial charge < -0.3 is 4.74 Å². The third kappa shape index (κ3) is 3.34. The van der Waals surface area contributed by atoms with Crippen LogP contribution in [0.2, 0.25) is 0 Å². The van der Waals surface area contributed by atoms with Gasteiger partial charge in [0.05, 0.1) is 12.3 Å². The molecule has 0 saturated carbocycles. The van der Waals surface area contributed by atoms with Crippen molar-refractivity contribution >= 4 is 0 Å². The number of hydrogen-bond acceptors (Lipinski definition) is 3. The van der Waals surface area contributed by atoms with E-state index in [0.717, 1.165) is 0 Å². The standard InChI is InChI=1S/C7H8F2N2O/c1-7(8,9)12-5-6-3-2-4-10-11-6/h2-4H,5H2,1H3. The predicted molar refractivity (Wildman–Crippen MR) is 37.4 cm³/mol. The van der Waals surface area contributed by atoms with Crippen LogP contribution in [-0.2, 0) is 11.3 Å². The normalized spacial score (nSPS) is 11.6. The molecule has 0 aromatic carbocycles. The van der Waals surface area contributed by atoms with E-state index in [4.69, 9.17) is 0 Å². The Hall–Kier alpha value is -1.10. The first-order valence-corrected chi connectivity index (χ1v) is 3.36. The molecule has 0 unspecified atom stereocenters. The summed E-state index contributed by atoms with van der Waals surface area (Å²) in [6, 6.07) is 3.18. The highest BCUT2D eigenvalue weighted by atomic mass is 19.3. The van der Waals surface area contributed by atoms with Gasteiger partial charge in [-0.1, -0.05) is 0 Å². The fourth-order valence-electron chi connectivity index (χ4n) is 0.611. The van der Waals surface area contributed by atoms with E-state index in [1.165, 1.54) is 6.20 Å². The van der Waals surface area contributed by atoms with Gasteiger partial charge in [-0.15, -0.1) is 0 Å². The molecule has 1 aromatic rings. The quantitative estimate of drug-likeness (QED) is 0.698. The van der Waals surface area contributed by atoms with Crippen molar-refractivity contribution in [2.75, 3.05) is 0 Å². The maximum atomic E-state index is 12.1. The van der Waals surface area contributed by atoms with Crippen molar-refractivity contribution in [1.29, 1.82) is 0 Å². The number of halogens is 2. The highest BCUT2D eigenvalue weighted by Gasteiger charge is 2.21. The first-order valence-electron chi connectivity index (χ1n) is 3.36. The number of rotatable bonds is 3. The molecule has 0 spiro atoms. The van der Waals surface area contributed by atoms with Gasteiger partial charge in [0.1, 0.15) is 0 Å². The van der Waals surface area contributed by atoms with E-state index in [9.17, 15) is 8.78 Å². The second kappa shape index (κ2) is 3.53. The van der Waals surface area contributed by atoms with Crippen LogP contribution in [0.15, 0.2) is 18.3 Å². The van der Waals surface area contributed by atoms with Gasteiger partial charge in [0, 0.05) is 13.1 Å². The van der Waals surface area contributed by atoms with Gasteiger partial charge in [-0.25, -0.2) is 0 Å². The number of ether oxygens (including phenoxy) is 1. The number of aromatic nitrogens is 2. The van der Waals surface area contributed by atoms with Crippen molar-refractivity contribution in [2.24, 2.45) is 0 Å². The van der Waals surface area contributed by atoms with Crippen LogP contribution in [0.4, 0.5) is 8.78 Å². The zero-order valence-electron chi connectivity index (χ0n) is 6.50. The first kappa shape index (κ1) is 8.99. The lowest BCUT2D eigenvalue weighted by Crippen LogP contribution is -2.15. The Kier molecular flexibility index (Phi) is 2.65. The van der Waals surface area contributed by atoms with Gasteiger partial charge in [0.15, 0.2) is 0 Å². The lowest BCUT2D eigenvalue weighted by atomic mass is 10.4. The largest absolute Gasteiger partial charge is 0.353 e. The Balaban J connectivity index is 2.44. The molecular weight excluding hydrogens is 166 g/mol. The molecule has 0 aliphatic heterocycles. The van der Waals surface area contributed by atoms with Gasteiger partial charge in [-0.3, -0.25) is 0 Å². The van der Waals surface area contributed by atoms with E-state index < -0.39 is 6.11 Å². The van der Waals surface area contributed by atoms with E-state index in [-0.39, 0.29) is 6.61 Å². The number of alkyl halides is 2. The van der Waals surface area contributed by atoms with Gasteiger partial charge in [0.25, 0.3) is 0 Å². The molecule has 12 heavy (non-hydrogen) atoms. The summed E-state index contributed by atoms with van der Waals surface area (Å²) in [6.45, 7) is 0.459. The Labute approximate surface area is 68.4 Å². The fraction of sp³-hybridized carbons (Fsp3) is 0.429. The monoisotopic (exact) mass is 174 g/mol. The maximum Gasteiger partial charge on any atom is 0.353 e. The smallest absolute Gasteiger partial charge is 0.314 e. The fourth-order valence-corrected chi connectivity index (χ4v) is 0.611. The lowest BCUT2D eigenvalue weighted by molar-refractivity contribution is -0.231. The van der Waals surface area contributed by atoms with Gasteiger partial charge in [-0.05, 0) is 12.1 Å². The van der Waals surface area contributed by atoms with Crippen LogP contribution in [-0.4, -0.2) is 16.3 Å². The van der Waals surface area contributed by atoms with Gasteiger partial charge in [0.2, 0.25) is 0 Å². The van der Waals surface area contributed by atoms with Crippen LogP contribution in [0, 0.1) is 0 Å². The lowest BCUT2D eigenvalue weighted by Gasteiger charge is -2.09. The molecule has 66 valence electrons. The summed E-state index contributed by atoms with van der Waals surface area (Å²) in [6.07, 6.45) is -1.65. The number of nitrogens with zero attached hydrogens (tertiary/aromatic N) is 2. The summed E-state index contributed by atoms with van der Waals surface area (Å²) >= 11 is 0. The van der Waals surface area contributed by atoms with Crippen LogP contribution in [0.3, 0.4) is 0 Å². The molecule has 0 amide bonds. The average Bonchev–Trinajstić information content (AvgIpc) is 2.02. The molecule has 0 aliphatic carbocycles. The van der Waals surface area contributed by atoms with E-state index in [0.29, 0.717) is 12.6 Å². The summed E-state index contributed by atoms with van der Waals surface area (Å²) in [5.74, 6) is 0. The summed E-state index contributed by atoms with van der Waals surface area (Å²) in [5.41, 5.74) is 0.388.